The number of anilines is 1. The largest absolute Gasteiger partial charge is 0.465 e. The molecule has 10 heteroatoms. The second-order valence-corrected chi connectivity index (χ2v) is 13.7. The first-order chi connectivity index (χ1) is 20.4. The van der Waals surface area contributed by atoms with Crippen LogP contribution in [0.1, 0.15) is 77.3 Å². The molecule has 0 bridgehead atoms. The van der Waals surface area contributed by atoms with E-state index < -0.39 is 6.09 Å². The molecule has 0 aliphatic carbocycles. The highest BCUT2D eigenvalue weighted by molar-refractivity contribution is 14.1. The molecule has 0 spiro atoms. The summed E-state index contributed by atoms with van der Waals surface area (Å²) in [5.74, 6) is 1.46. The van der Waals surface area contributed by atoms with E-state index in [1.54, 1.807) is 0 Å². The minimum Gasteiger partial charge on any atom is -0.465 e. The van der Waals surface area contributed by atoms with Gasteiger partial charge in [-0.3, -0.25) is 4.90 Å². The Morgan fingerprint density at radius 2 is 1.79 bits per heavy atom. The molecule has 9 nitrogen and oxygen atoms in total. The van der Waals surface area contributed by atoms with E-state index in [9.17, 15) is 9.90 Å². The highest BCUT2D eigenvalue weighted by Gasteiger charge is 2.37. The van der Waals surface area contributed by atoms with Crippen LogP contribution in [0.25, 0.3) is 10.9 Å². The summed E-state index contributed by atoms with van der Waals surface area (Å²) in [5.41, 5.74) is 1.96. The number of aromatic nitrogens is 2. The first-order valence-electron chi connectivity index (χ1n) is 16.1. The molecule has 1 aromatic heterocycles. The zero-order valence-corrected chi connectivity index (χ0v) is 27.6. The zero-order valence-electron chi connectivity index (χ0n) is 25.4. The van der Waals surface area contributed by atoms with Crippen LogP contribution in [0.5, 0.6) is 0 Å². The highest BCUT2D eigenvalue weighted by Crippen LogP contribution is 2.40. The quantitative estimate of drug-likeness (QED) is 0.282. The molecule has 0 radical (unpaired) electrons. The zero-order chi connectivity index (χ0) is 29.5. The molecule has 42 heavy (non-hydrogen) atoms. The van der Waals surface area contributed by atoms with Crippen molar-refractivity contribution in [3.05, 3.63) is 27.5 Å². The van der Waals surface area contributed by atoms with E-state index in [2.05, 4.69) is 64.4 Å². The lowest BCUT2D eigenvalue weighted by Gasteiger charge is -2.39. The lowest BCUT2D eigenvalue weighted by molar-refractivity contribution is -0.173. The summed E-state index contributed by atoms with van der Waals surface area (Å²) in [6.07, 6.45) is 8.67. The molecule has 232 valence electrons. The van der Waals surface area contributed by atoms with E-state index in [0.29, 0.717) is 25.6 Å². The fourth-order valence-electron chi connectivity index (χ4n) is 7.06. The first kappa shape index (κ1) is 31.7. The van der Waals surface area contributed by atoms with Gasteiger partial charge in [0, 0.05) is 66.8 Å². The molecule has 3 aliphatic rings. The van der Waals surface area contributed by atoms with Crippen LogP contribution in [0.2, 0.25) is 0 Å². The average molecular weight is 694 g/mol. The molecule has 0 saturated carbocycles. The van der Waals surface area contributed by atoms with E-state index in [4.69, 9.17) is 19.4 Å². The van der Waals surface area contributed by atoms with E-state index in [1.165, 1.54) is 8.47 Å². The summed E-state index contributed by atoms with van der Waals surface area (Å²) < 4.78 is 13.7. The van der Waals surface area contributed by atoms with Crippen molar-refractivity contribution in [2.75, 3.05) is 63.9 Å². The Kier molecular flexibility index (Phi) is 11.2. The van der Waals surface area contributed by atoms with Crippen LogP contribution >= 0.6 is 22.6 Å². The molecule has 2 aromatic rings. The number of nitrogens with zero attached hydrogens (tertiary/aromatic N) is 5. The Morgan fingerprint density at radius 3 is 2.43 bits per heavy atom. The predicted octanol–water partition coefficient (Wildman–Crippen LogP) is 6.13. The van der Waals surface area contributed by atoms with E-state index in [1.807, 2.05) is 0 Å². The van der Waals surface area contributed by atoms with Gasteiger partial charge in [-0.25, -0.2) is 14.8 Å². The molecular formula is C32H48IN5O4. The van der Waals surface area contributed by atoms with Crippen LogP contribution in [0.3, 0.4) is 0 Å². The van der Waals surface area contributed by atoms with Crippen molar-refractivity contribution >= 4 is 45.5 Å². The average Bonchev–Trinajstić information content (AvgIpc) is 3.01. The fourth-order valence-corrected chi connectivity index (χ4v) is 7.55. The lowest BCUT2D eigenvalue weighted by atomic mass is 9.75. The second kappa shape index (κ2) is 14.8. The highest BCUT2D eigenvalue weighted by atomic mass is 127. The van der Waals surface area contributed by atoms with Crippen molar-refractivity contribution in [2.45, 2.75) is 83.3 Å². The molecule has 3 aliphatic heterocycles. The molecule has 1 aromatic carbocycles. The standard InChI is InChI=1S/C32H48IN5O4/c1-3-12-32(13-4-2,23-42-28-7-5-6-20-41-28)29-26-21-25(33)8-9-27(26)34-30(35-29)37-14-10-24(11-15-37)22-36-16-18-38(19-17-36)31(39)40/h8-9,21,24,28H,3-7,10-20,22-23H2,1-2H3,(H,39,40). The summed E-state index contributed by atoms with van der Waals surface area (Å²) in [5, 5.41) is 10.4. The van der Waals surface area contributed by atoms with Crippen molar-refractivity contribution < 1.29 is 19.4 Å². The van der Waals surface area contributed by atoms with Crippen molar-refractivity contribution in [1.82, 2.24) is 19.8 Å². The molecule has 1 unspecified atom stereocenters. The number of carboxylic acid groups (broad SMARTS) is 1. The number of hydrogen-bond donors (Lipinski definition) is 1. The number of piperazine rings is 1. The van der Waals surface area contributed by atoms with Gasteiger partial charge in [-0.2, -0.15) is 0 Å². The van der Waals surface area contributed by atoms with Gasteiger partial charge in [0.2, 0.25) is 5.95 Å². The van der Waals surface area contributed by atoms with Gasteiger partial charge >= 0.3 is 6.09 Å². The van der Waals surface area contributed by atoms with Gasteiger partial charge in [0.05, 0.1) is 17.8 Å². The number of benzene rings is 1. The van der Waals surface area contributed by atoms with Crippen LogP contribution in [0, 0.1) is 9.49 Å². The van der Waals surface area contributed by atoms with E-state index in [0.717, 1.165) is 120 Å². The van der Waals surface area contributed by atoms with Gasteiger partial charge < -0.3 is 24.4 Å². The summed E-state index contributed by atoms with van der Waals surface area (Å²) >= 11 is 2.40. The molecule has 3 saturated heterocycles. The minimum absolute atomic E-state index is 0.120. The van der Waals surface area contributed by atoms with E-state index in [-0.39, 0.29) is 11.7 Å². The monoisotopic (exact) mass is 693 g/mol. The second-order valence-electron chi connectivity index (χ2n) is 12.4. The third-order valence-corrected chi connectivity index (χ3v) is 10.0. The minimum atomic E-state index is -0.803. The number of ether oxygens (including phenoxy) is 2. The lowest BCUT2D eigenvalue weighted by Crippen LogP contribution is -2.50. The van der Waals surface area contributed by atoms with Crippen molar-refractivity contribution in [3.63, 3.8) is 0 Å². The van der Waals surface area contributed by atoms with Gasteiger partial charge in [0.15, 0.2) is 6.29 Å². The molecule has 3 fully saturated rings. The maximum absolute atomic E-state index is 11.3. The summed E-state index contributed by atoms with van der Waals surface area (Å²) in [7, 11) is 0. The van der Waals surface area contributed by atoms with Gasteiger partial charge in [-0.1, -0.05) is 26.7 Å². The number of fused-ring (bicyclic) bond motifs is 1. The van der Waals surface area contributed by atoms with Crippen molar-refractivity contribution in [3.8, 4) is 0 Å². The SMILES string of the molecule is CCCC(CCC)(COC1CCCCO1)c1nc(N2CCC(CN3CCN(C(=O)O)CC3)CC2)nc2ccc(I)cc12. The van der Waals surface area contributed by atoms with Crippen LogP contribution in [0.15, 0.2) is 18.2 Å². The number of halogens is 1. The fraction of sp³-hybridized carbons (Fsp3) is 0.719. The summed E-state index contributed by atoms with van der Waals surface area (Å²) in [4.78, 5) is 28.2. The normalized spacial score (nSPS) is 21.3. The number of amides is 1. The Morgan fingerprint density at radius 1 is 1.05 bits per heavy atom. The number of carbonyl (C=O) groups is 1. The van der Waals surface area contributed by atoms with Crippen molar-refractivity contribution in [2.24, 2.45) is 5.92 Å². The predicted molar refractivity (Wildman–Crippen MR) is 174 cm³/mol. The maximum atomic E-state index is 11.3. The van der Waals surface area contributed by atoms with Crippen LogP contribution in [0.4, 0.5) is 10.7 Å². The van der Waals surface area contributed by atoms with E-state index >= 15 is 0 Å². The molecule has 1 amide bonds. The number of piperidine rings is 1. The van der Waals surface area contributed by atoms with Crippen LogP contribution in [-0.2, 0) is 14.9 Å². The first-order valence-corrected chi connectivity index (χ1v) is 17.1. The Bertz CT molecular complexity index is 1170. The van der Waals surface area contributed by atoms with Crippen LogP contribution < -0.4 is 4.90 Å². The maximum Gasteiger partial charge on any atom is 0.407 e. The van der Waals surface area contributed by atoms with Crippen molar-refractivity contribution in [1.29, 1.82) is 0 Å². The third kappa shape index (κ3) is 7.65. The molecule has 5 rings (SSSR count). The van der Waals surface area contributed by atoms with Gasteiger partial charge in [0.1, 0.15) is 0 Å². The van der Waals surface area contributed by atoms with Gasteiger partial charge in [-0.05, 0) is 91.7 Å². The summed E-state index contributed by atoms with van der Waals surface area (Å²) in [6, 6.07) is 6.55. The topological polar surface area (TPSA) is 91.3 Å². The molecule has 1 atom stereocenters. The molecule has 1 N–H and O–H groups in total. The smallest absolute Gasteiger partial charge is 0.407 e. The Balaban J connectivity index is 1.35. The van der Waals surface area contributed by atoms with Gasteiger partial charge in [0.25, 0.3) is 0 Å². The Hall–Kier alpha value is -1.76. The number of rotatable bonds is 11. The Labute approximate surface area is 264 Å². The summed E-state index contributed by atoms with van der Waals surface area (Å²) in [6.45, 7) is 11.7. The van der Waals surface area contributed by atoms with Crippen LogP contribution in [-0.4, -0.2) is 96.3 Å². The third-order valence-electron chi connectivity index (χ3n) is 9.35. The van der Waals surface area contributed by atoms with Gasteiger partial charge in [-0.15, -0.1) is 0 Å². The molecule has 4 heterocycles. The number of hydrogen-bond acceptors (Lipinski definition) is 7. The molecular weight excluding hydrogens is 645 g/mol.